The van der Waals surface area contributed by atoms with Crippen molar-refractivity contribution in [1.29, 1.82) is 0 Å². The molecule has 27 heavy (non-hydrogen) atoms. The molecule has 2 N–H and O–H groups in total. The van der Waals surface area contributed by atoms with Crippen molar-refractivity contribution >= 4 is 46.2 Å². The van der Waals surface area contributed by atoms with Gasteiger partial charge in [0.1, 0.15) is 5.75 Å². The highest BCUT2D eigenvalue weighted by molar-refractivity contribution is 7.80. The van der Waals surface area contributed by atoms with Crippen LogP contribution < -0.4 is 20.3 Å². The first-order valence-corrected chi connectivity index (χ1v) is 9.24. The predicted molar refractivity (Wildman–Crippen MR) is 111 cm³/mol. The zero-order valence-electron chi connectivity index (χ0n) is 14.8. The van der Waals surface area contributed by atoms with Crippen LogP contribution in [0.3, 0.4) is 0 Å². The molecule has 0 atom stereocenters. The molecule has 0 aliphatic carbocycles. The fourth-order valence-electron chi connectivity index (χ4n) is 2.80. The Morgan fingerprint density at radius 1 is 1.22 bits per heavy atom. The van der Waals surface area contributed by atoms with Gasteiger partial charge in [0, 0.05) is 18.7 Å². The number of hydrogen-bond donors (Lipinski definition) is 2. The van der Waals surface area contributed by atoms with Gasteiger partial charge in [-0.05, 0) is 42.5 Å². The highest BCUT2D eigenvalue weighted by Crippen LogP contribution is 2.27. The number of anilines is 2. The van der Waals surface area contributed by atoms with E-state index in [1.165, 1.54) is 7.11 Å². The Bertz CT molecular complexity index is 841. The molecule has 0 aromatic heterocycles. The van der Waals surface area contributed by atoms with Crippen LogP contribution >= 0.6 is 23.8 Å². The summed E-state index contributed by atoms with van der Waals surface area (Å²) >= 11 is 11.4. The van der Waals surface area contributed by atoms with Crippen molar-refractivity contribution < 1.29 is 14.3 Å². The number of thiocarbonyl (C=S) groups is 1. The lowest BCUT2D eigenvalue weighted by atomic mass is 10.2. The number of para-hydroxylation sites is 2. The molecule has 1 heterocycles. The Morgan fingerprint density at radius 3 is 2.67 bits per heavy atom. The monoisotopic (exact) mass is 405 g/mol. The van der Waals surface area contributed by atoms with Gasteiger partial charge in [-0.15, -0.1) is 0 Å². The highest BCUT2D eigenvalue weighted by Gasteiger charge is 2.16. The fourth-order valence-corrected chi connectivity index (χ4v) is 3.26. The van der Waals surface area contributed by atoms with Gasteiger partial charge in [-0.1, -0.05) is 23.7 Å². The Kier molecular flexibility index (Phi) is 6.49. The second-order valence-electron chi connectivity index (χ2n) is 5.87. The number of nitrogens with zero attached hydrogens (tertiary/aromatic N) is 1. The average molecular weight is 406 g/mol. The Labute approximate surface area is 168 Å². The van der Waals surface area contributed by atoms with Crippen LogP contribution in [0.4, 0.5) is 11.4 Å². The summed E-state index contributed by atoms with van der Waals surface area (Å²) in [5.41, 5.74) is 2.24. The highest BCUT2D eigenvalue weighted by atomic mass is 35.5. The molecule has 1 aliphatic heterocycles. The molecule has 0 radical (unpaired) electrons. The molecule has 0 saturated carbocycles. The first-order valence-electron chi connectivity index (χ1n) is 8.46. The lowest BCUT2D eigenvalue weighted by Crippen LogP contribution is -2.38. The van der Waals surface area contributed by atoms with E-state index in [2.05, 4.69) is 15.5 Å². The Morgan fingerprint density at radius 2 is 1.96 bits per heavy atom. The van der Waals surface area contributed by atoms with Gasteiger partial charge in [0.2, 0.25) is 0 Å². The van der Waals surface area contributed by atoms with Gasteiger partial charge >= 0.3 is 0 Å². The molecule has 1 amide bonds. The van der Waals surface area contributed by atoms with E-state index >= 15 is 0 Å². The van der Waals surface area contributed by atoms with E-state index < -0.39 is 0 Å². The maximum Gasteiger partial charge on any atom is 0.257 e. The fraction of sp³-hybridized carbons (Fsp3) is 0.263. The van der Waals surface area contributed by atoms with Crippen molar-refractivity contribution in [2.24, 2.45) is 0 Å². The minimum absolute atomic E-state index is 0.215. The van der Waals surface area contributed by atoms with Gasteiger partial charge in [-0.2, -0.15) is 0 Å². The first kappa shape index (κ1) is 19.4. The number of carbonyl (C=O) groups excluding carboxylic acids is 1. The predicted octanol–water partition coefficient (Wildman–Crippen LogP) is 3.31. The van der Waals surface area contributed by atoms with Crippen molar-refractivity contribution in [1.82, 2.24) is 5.32 Å². The van der Waals surface area contributed by atoms with Crippen LogP contribution in [-0.4, -0.2) is 44.4 Å². The molecular weight excluding hydrogens is 386 g/mol. The van der Waals surface area contributed by atoms with E-state index in [0.29, 0.717) is 29.5 Å². The van der Waals surface area contributed by atoms with Crippen LogP contribution in [0.5, 0.6) is 5.75 Å². The largest absolute Gasteiger partial charge is 0.495 e. The standard InChI is InChI=1S/C19H20ClN3O3S/c1-25-17-7-6-13(12-14(17)20)18(24)22-19(27)21-15-4-2-3-5-16(15)23-8-10-26-11-9-23/h2-7,12H,8-11H2,1H3,(H2,21,22,24,27). The quantitative estimate of drug-likeness (QED) is 0.761. The topological polar surface area (TPSA) is 62.8 Å². The molecule has 1 aliphatic rings. The van der Waals surface area contributed by atoms with Crippen LogP contribution in [0.25, 0.3) is 0 Å². The van der Waals surface area contributed by atoms with Crippen molar-refractivity contribution in [3.63, 3.8) is 0 Å². The lowest BCUT2D eigenvalue weighted by molar-refractivity contribution is 0.0977. The average Bonchev–Trinajstić information content (AvgIpc) is 2.69. The molecule has 1 saturated heterocycles. The summed E-state index contributed by atoms with van der Waals surface area (Å²) < 4.78 is 10.5. The van der Waals surface area contributed by atoms with Crippen LogP contribution in [0.2, 0.25) is 5.02 Å². The van der Waals surface area contributed by atoms with Crippen molar-refractivity contribution in [2.45, 2.75) is 0 Å². The van der Waals surface area contributed by atoms with Gasteiger partial charge in [-0.25, -0.2) is 0 Å². The molecule has 6 nitrogen and oxygen atoms in total. The molecule has 8 heteroatoms. The molecule has 0 bridgehead atoms. The molecule has 2 aromatic rings. The maximum absolute atomic E-state index is 12.4. The second kappa shape index (κ2) is 9.03. The number of halogens is 1. The second-order valence-corrected chi connectivity index (χ2v) is 6.69. The number of methoxy groups -OCH3 is 1. The third-order valence-corrected chi connectivity index (χ3v) is 4.64. The van der Waals surface area contributed by atoms with Gasteiger partial charge < -0.3 is 19.7 Å². The molecule has 142 valence electrons. The van der Waals surface area contributed by atoms with E-state index in [4.69, 9.17) is 33.3 Å². The summed E-state index contributed by atoms with van der Waals surface area (Å²) in [7, 11) is 1.52. The number of rotatable bonds is 4. The SMILES string of the molecule is COc1ccc(C(=O)NC(=S)Nc2ccccc2N2CCOCC2)cc1Cl. The number of ether oxygens (including phenoxy) is 2. The summed E-state index contributed by atoms with van der Waals surface area (Å²) in [4.78, 5) is 14.6. The van der Waals surface area contributed by atoms with Crippen LogP contribution in [0.15, 0.2) is 42.5 Å². The molecule has 0 unspecified atom stereocenters. The molecular formula is C19H20ClN3O3S. The summed E-state index contributed by atoms with van der Waals surface area (Å²) in [6.45, 7) is 2.99. The van der Waals surface area contributed by atoms with Gasteiger partial charge in [0.25, 0.3) is 5.91 Å². The van der Waals surface area contributed by atoms with Crippen molar-refractivity contribution in [2.75, 3.05) is 43.6 Å². The van der Waals surface area contributed by atoms with Crippen molar-refractivity contribution in [3.05, 3.63) is 53.1 Å². The number of nitrogens with one attached hydrogen (secondary N) is 2. The maximum atomic E-state index is 12.4. The van der Waals surface area contributed by atoms with Crippen LogP contribution in [-0.2, 0) is 4.74 Å². The van der Waals surface area contributed by atoms with E-state index in [0.717, 1.165) is 24.5 Å². The van der Waals surface area contributed by atoms with E-state index in [-0.39, 0.29) is 11.0 Å². The number of amides is 1. The van der Waals surface area contributed by atoms with Gasteiger partial charge in [0.05, 0.1) is 36.7 Å². The van der Waals surface area contributed by atoms with E-state index in [9.17, 15) is 4.79 Å². The molecule has 1 fully saturated rings. The zero-order valence-corrected chi connectivity index (χ0v) is 16.4. The molecule has 2 aromatic carbocycles. The Balaban J connectivity index is 1.67. The minimum atomic E-state index is -0.346. The van der Waals surface area contributed by atoms with Gasteiger partial charge in [0.15, 0.2) is 5.11 Å². The summed E-state index contributed by atoms with van der Waals surface area (Å²) in [5, 5.41) is 6.36. The van der Waals surface area contributed by atoms with Crippen LogP contribution in [0, 0.1) is 0 Å². The zero-order chi connectivity index (χ0) is 19.2. The molecule has 3 rings (SSSR count). The smallest absolute Gasteiger partial charge is 0.257 e. The van der Waals surface area contributed by atoms with Crippen molar-refractivity contribution in [3.8, 4) is 5.75 Å². The van der Waals surface area contributed by atoms with E-state index in [1.54, 1.807) is 18.2 Å². The molecule has 0 spiro atoms. The Hall–Kier alpha value is -2.35. The normalized spacial score (nSPS) is 13.8. The van der Waals surface area contributed by atoms with Crippen LogP contribution in [0.1, 0.15) is 10.4 Å². The number of carbonyl (C=O) groups is 1. The third-order valence-electron chi connectivity index (χ3n) is 4.15. The lowest BCUT2D eigenvalue weighted by Gasteiger charge is -2.30. The summed E-state index contributed by atoms with van der Waals surface area (Å²) in [6.07, 6.45) is 0. The number of hydrogen-bond acceptors (Lipinski definition) is 5. The van der Waals surface area contributed by atoms with E-state index in [1.807, 2.05) is 24.3 Å². The first-order chi connectivity index (χ1) is 13.1. The minimum Gasteiger partial charge on any atom is -0.495 e. The number of morpholine rings is 1. The third kappa shape index (κ3) is 4.88. The van der Waals surface area contributed by atoms with Gasteiger partial charge in [-0.3, -0.25) is 10.1 Å². The summed E-state index contributed by atoms with van der Waals surface area (Å²) in [6, 6.07) is 12.6. The number of benzene rings is 2. The summed E-state index contributed by atoms with van der Waals surface area (Å²) in [5.74, 6) is 0.161.